The second kappa shape index (κ2) is 7.39. The summed E-state index contributed by atoms with van der Waals surface area (Å²) in [6, 6.07) is 4.41. The van der Waals surface area contributed by atoms with E-state index in [0.29, 0.717) is 43.4 Å². The first-order valence-corrected chi connectivity index (χ1v) is 8.11. The Morgan fingerprint density at radius 3 is 2.60 bits per heavy atom. The summed E-state index contributed by atoms with van der Waals surface area (Å²) in [7, 11) is 0. The van der Waals surface area contributed by atoms with Crippen molar-refractivity contribution in [2.45, 2.75) is 6.92 Å². The lowest BCUT2D eigenvalue weighted by Crippen LogP contribution is -3.15. The van der Waals surface area contributed by atoms with Gasteiger partial charge in [0, 0.05) is 18.7 Å². The third-order valence-electron chi connectivity index (χ3n) is 4.21. The fourth-order valence-electron chi connectivity index (χ4n) is 2.85. The van der Waals surface area contributed by atoms with Crippen molar-refractivity contribution in [1.29, 1.82) is 0 Å². The molecule has 0 bridgehead atoms. The molecular formula is C16H21N4O5+. The number of benzene rings is 1. The van der Waals surface area contributed by atoms with E-state index in [4.69, 9.17) is 9.47 Å². The smallest absolute Gasteiger partial charge is 0.326 e. The molecule has 3 N–H and O–H groups in total. The molecule has 1 fully saturated rings. The fraction of sp³-hybridized carbons (Fsp3) is 0.438. The van der Waals surface area contributed by atoms with Crippen LogP contribution in [-0.2, 0) is 9.59 Å². The van der Waals surface area contributed by atoms with Gasteiger partial charge in [0.15, 0.2) is 18.0 Å². The van der Waals surface area contributed by atoms with Crippen LogP contribution in [0.2, 0.25) is 0 Å². The number of imide groups is 1. The monoisotopic (exact) mass is 349 g/mol. The SMILES string of the molecule is CC(=O)N1CC[NH+](CC(=O)NC(=O)Nc2ccc3c(c2)OCO3)CC1. The molecule has 1 saturated heterocycles. The molecule has 0 aromatic heterocycles. The van der Waals surface area contributed by atoms with Gasteiger partial charge >= 0.3 is 6.03 Å². The summed E-state index contributed by atoms with van der Waals surface area (Å²) in [6.45, 7) is 4.53. The van der Waals surface area contributed by atoms with Crippen molar-refractivity contribution < 1.29 is 28.8 Å². The van der Waals surface area contributed by atoms with Crippen LogP contribution in [0.1, 0.15) is 6.92 Å². The molecule has 0 radical (unpaired) electrons. The van der Waals surface area contributed by atoms with Gasteiger partial charge in [-0.3, -0.25) is 14.9 Å². The van der Waals surface area contributed by atoms with Crippen molar-refractivity contribution in [3.05, 3.63) is 18.2 Å². The molecular weight excluding hydrogens is 328 g/mol. The van der Waals surface area contributed by atoms with Crippen LogP contribution in [0.25, 0.3) is 0 Å². The summed E-state index contributed by atoms with van der Waals surface area (Å²) in [5.41, 5.74) is 0.511. The van der Waals surface area contributed by atoms with Gasteiger partial charge in [-0.25, -0.2) is 4.79 Å². The molecule has 9 heteroatoms. The van der Waals surface area contributed by atoms with Gasteiger partial charge in [0.05, 0.1) is 26.2 Å². The maximum Gasteiger partial charge on any atom is 0.326 e. The topological polar surface area (TPSA) is 101 Å². The van der Waals surface area contributed by atoms with Gasteiger partial charge in [0.1, 0.15) is 0 Å². The predicted octanol–water partition coefficient (Wildman–Crippen LogP) is -1.19. The Balaban J connectivity index is 1.43. The Kier molecular flexibility index (Phi) is 5.03. The van der Waals surface area contributed by atoms with E-state index in [1.54, 1.807) is 23.1 Å². The van der Waals surface area contributed by atoms with E-state index < -0.39 is 6.03 Å². The van der Waals surface area contributed by atoms with Crippen molar-refractivity contribution in [3.8, 4) is 11.5 Å². The number of nitrogens with zero attached hydrogens (tertiary/aromatic N) is 1. The number of fused-ring (bicyclic) bond motifs is 1. The minimum Gasteiger partial charge on any atom is -0.454 e. The third kappa shape index (κ3) is 4.38. The maximum absolute atomic E-state index is 12.0. The lowest BCUT2D eigenvalue weighted by atomic mass is 10.3. The van der Waals surface area contributed by atoms with Crippen molar-refractivity contribution >= 4 is 23.5 Å². The Morgan fingerprint density at radius 1 is 1.16 bits per heavy atom. The number of quaternary nitrogens is 1. The first-order valence-electron chi connectivity index (χ1n) is 8.11. The Labute approximate surface area is 144 Å². The number of nitrogens with one attached hydrogen (secondary N) is 3. The average molecular weight is 349 g/mol. The second-order valence-electron chi connectivity index (χ2n) is 6.00. The molecule has 2 aliphatic heterocycles. The highest BCUT2D eigenvalue weighted by molar-refractivity contribution is 6.01. The molecule has 4 amide bonds. The summed E-state index contributed by atoms with van der Waals surface area (Å²) >= 11 is 0. The highest BCUT2D eigenvalue weighted by Gasteiger charge is 2.24. The molecule has 1 aromatic rings. The summed E-state index contributed by atoms with van der Waals surface area (Å²) in [5.74, 6) is 0.864. The van der Waals surface area contributed by atoms with Crippen LogP contribution in [0.5, 0.6) is 11.5 Å². The van der Waals surface area contributed by atoms with Crippen LogP contribution in [0.4, 0.5) is 10.5 Å². The molecule has 2 aliphatic rings. The number of amides is 4. The average Bonchev–Trinajstić information content (AvgIpc) is 3.02. The van der Waals surface area contributed by atoms with E-state index in [0.717, 1.165) is 4.90 Å². The van der Waals surface area contributed by atoms with Gasteiger partial charge in [-0.2, -0.15) is 0 Å². The zero-order chi connectivity index (χ0) is 17.8. The number of hydrogen-bond donors (Lipinski definition) is 3. The lowest BCUT2D eigenvalue weighted by Gasteiger charge is -2.31. The van der Waals surface area contributed by atoms with Gasteiger partial charge < -0.3 is 24.6 Å². The number of carbonyl (C=O) groups is 3. The van der Waals surface area contributed by atoms with Crippen LogP contribution >= 0.6 is 0 Å². The molecule has 0 atom stereocenters. The summed E-state index contributed by atoms with van der Waals surface area (Å²) in [5, 5.41) is 4.91. The molecule has 3 rings (SSSR count). The molecule has 0 unspecified atom stereocenters. The summed E-state index contributed by atoms with van der Waals surface area (Å²) in [6.07, 6.45) is 0. The number of urea groups is 1. The first kappa shape index (κ1) is 17.0. The molecule has 25 heavy (non-hydrogen) atoms. The van der Waals surface area contributed by atoms with Crippen molar-refractivity contribution in [2.75, 3.05) is 44.8 Å². The van der Waals surface area contributed by atoms with Crippen molar-refractivity contribution in [1.82, 2.24) is 10.2 Å². The molecule has 0 saturated carbocycles. The zero-order valence-electron chi connectivity index (χ0n) is 14.0. The number of carbonyl (C=O) groups excluding carboxylic acids is 3. The van der Waals surface area contributed by atoms with Gasteiger partial charge in [-0.1, -0.05) is 0 Å². The van der Waals surface area contributed by atoms with Gasteiger partial charge in [-0.15, -0.1) is 0 Å². The third-order valence-corrected chi connectivity index (χ3v) is 4.21. The van der Waals surface area contributed by atoms with E-state index in [9.17, 15) is 14.4 Å². The van der Waals surface area contributed by atoms with E-state index in [1.807, 2.05) is 0 Å². The molecule has 1 aromatic carbocycles. The summed E-state index contributed by atoms with van der Waals surface area (Å²) in [4.78, 5) is 38.0. The zero-order valence-corrected chi connectivity index (χ0v) is 14.0. The van der Waals surface area contributed by atoms with Crippen LogP contribution in [0.3, 0.4) is 0 Å². The minimum atomic E-state index is -0.592. The number of rotatable bonds is 3. The highest BCUT2D eigenvalue weighted by atomic mass is 16.7. The summed E-state index contributed by atoms with van der Waals surface area (Å²) < 4.78 is 10.4. The Bertz CT molecular complexity index is 685. The van der Waals surface area contributed by atoms with E-state index in [-0.39, 0.29) is 25.2 Å². The van der Waals surface area contributed by atoms with Gasteiger partial charge in [-0.05, 0) is 12.1 Å². The van der Waals surface area contributed by atoms with E-state index >= 15 is 0 Å². The largest absolute Gasteiger partial charge is 0.454 e. The standard InChI is InChI=1S/C16H20N4O5/c1-11(21)20-6-4-19(5-7-20)9-15(22)18-16(23)17-12-2-3-13-14(8-12)25-10-24-13/h2-3,8H,4-7,9-10H2,1H3,(H2,17,18,22,23)/p+1. The van der Waals surface area contributed by atoms with Gasteiger partial charge in [0.25, 0.3) is 5.91 Å². The molecule has 2 heterocycles. The van der Waals surface area contributed by atoms with E-state index in [2.05, 4.69) is 10.6 Å². The maximum atomic E-state index is 12.0. The van der Waals surface area contributed by atoms with Crippen molar-refractivity contribution in [2.24, 2.45) is 0 Å². The lowest BCUT2D eigenvalue weighted by molar-refractivity contribution is -0.896. The molecule has 134 valence electrons. The normalized spacial score (nSPS) is 16.4. The molecule has 0 spiro atoms. The minimum absolute atomic E-state index is 0.0478. The Morgan fingerprint density at radius 2 is 1.88 bits per heavy atom. The second-order valence-corrected chi connectivity index (χ2v) is 6.00. The number of anilines is 1. The highest BCUT2D eigenvalue weighted by Crippen LogP contribution is 2.34. The first-order chi connectivity index (χ1) is 12.0. The molecule has 9 nitrogen and oxygen atoms in total. The number of piperazine rings is 1. The van der Waals surface area contributed by atoms with Gasteiger partial charge in [0.2, 0.25) is 12.7 Å². The van der Waals surface area contributed by atoms with Crippen LogP contribution in [0.15, 0.2) is 18.2 Å². The number of ether oxygens (including phenoxy) is 2. The predicted molar refractivity (Wildman–Crippen MR) is 87.5 cm³/mol. The van der Waals surface area contributed by atoms with Crippen LogP contribution < -0.4 is 25.0 Å². The number of hydrogen-bond acceptors (Lipinski definition) is 5. The van der Waals surface area contributed by atoms with Crippen molar-refractivity contribution in [3.63, 3.8) is 0 Å². The quantitative estimate of drug-likeness (QED) is 0.637. The Hall–Kier alpha value is -2.81. The van der Waals surface area contributed by atoms with Crippen LogP contribution in [-0.4, -0.2) is 62.3 Å². The van der Waals surface area contributed by atoms with E-state index in [1.165, 1.54) is 6.92 Å². The molecule has 0 aliphatic carbocycles. The fourth-order valence-corrected chi connectivity index (χ4v) is 2.85. The van der Waals surface area contributed by atoms with Crippen LogP contribution in [0, 0.1) is 0 Å².